The van der Waals surface area contributed by atoms with Gasteiger partial charge in [-0.3, -0.25) is 9.36 Å². The number of phenolic OH excluding ortho intramolecular Hbond substituents is 1. The molecule has 1 amide bonds. The third-order valence-corrected chi connectivity index (χ3v) is 6.07. The molecular weight excluding hydrogens is 408 g/mol. The highest BCUT2D eigenvalue weighted by Gasteiger charge is 2.25. The van der Waals surface area contributed by atoms with Crippen molar-refractivity contribution >= 4 is 11.6 Å². The van der Waals surface area contributed by atoms with E-state index >= 15 is 0 Å². The van der Waals surface area contributed by atoms with Gasteiger partial charge in [0.1, 0.15) is 17.1 Å². The molecule has 0 unspecified atom stereocenters. The fourth-order valence-corrected chi connectivity index (χ4v) is 4.27. The van der Waals surface area contributed by atoms with Crippen LogP contribution in [0, 0.1) is 6.92 Å². The van der Waals surface area contributed by atoms with Gasteiger partial charge in [0.05, 0.1) is 18.0 Å². The first kappa shape index (κ1) is 22.1. The number of hydrogen-bond donors (Lipinski definition) is 2. The van der Waals surface area contributed by atoms with Gasteiger partial charge in [-0.05, 0) is 51.2 Å². The van der Waals surface area contributed by atoms with Crippen molar-refractivity contribution in [2.24, 2.45) is 0 Å². The minimum absolute atomic E-state index is 0.0163. The van der Waals surface area contributed by atoms with Crippen LogP contribution in [-0.2, 0) is 4.74 Å². The number of ether oxygens (including phenoxy) is 1. The van der Waals surface area contributed by atoms with E-state index in [1.165, 1.54) is 21.2 Å². The van der Waals surface area contributed by atoms with Crippen LogP contribution in [0.1, 0.15) is 61.5 Å². The second-order valence-corrected chi connectivity index (χ2v) is 8.43. The molecule has 2 N–H and O–H groups in total. The maximum Gasteiger partial charge on any atom is 0.339 e. The van der Waals surface area contributed by atoms with Gasteiger partial charge in [-0.15, -0.1) is 0 Å². The van der Waals surface area contributed by atoms with E-state index in [-0.39, 0.29) is 29.5 Å². The predicted octanol–water partition coefficient (Wildman–Crippen LogP) is 3.36. The predicted molar refractivity (Wildman–Crippen MR) is 122 cm³/mol. The number of nitrogens with one attached hydrogen (secondary N) is 1. The zero-order valence-electron chi connectivity index (χ0n) is 18.6. The molecule has 1 aliphatic rings. The number of aromatic nitrogens is 3. The summed E-state index contributed by atoms with van der Waals surface area (Å²) in [5.74, 6) is -0.336. The highest BCUT2D eigenvalue weighted by atomic mass is 16.5. The molecule has 170 valence electrons. The molecule has 0 aliphatic heterocycles. The van der Waals surface area contributed by atoms with E-state index in [1.807, 2.05) is 6.92 Å². The fourth-order valence-electron chi connectivity index (χ4n) is 4.27. The zero-order chi connectivity index (χ0) is 22.7. The van der Waals surface area contributed by atoms with Crippen LogP contribution in [0.2, 0.25) is 0 Å². The second-order valence-electron chi connectivity index (χ2n) is 8.43. The third kappa shape index (κ3) is 4.41. The number of para-hydroxylation sites is 2. The molecule has 1 fully saturated rings. The number of carbonyl (C=O) groups is 1. The lowest BCUT2D eigenvalue weighted by molar-refractivity contribution is 0.0209. The molecule has 2 aromatic heterocycles. The lowest BCUT2D eigenvalue weighted by Crippen LogP contribution is -2.40. The molecule has 0 atom stereocenters. The van der Waals surface area contributed by atoms with Crippen LogP contribution >= 0.6 is 0 Å². The van der Waals surface area contributed by atoms with Crippen molar-refractivity contribution < 1.29 is 14.6 Å². The molecule has 1 aromatic carbocycles. The Balaban J connectivity index is 1.54. The van der Waals surface area contributed by atoms with Crippen molar-refractivity contribution in [3.05, 3.63) is 58.4 Å². The minimum Gasteiger partial charge on any atom is -0.506 e. The smallest absolute Gasteiger partial charge is 0.339 e. The quantitative estimate of drug-likeness (QED) is 0.551. The molecule has 8 heteroatoms. The van der Waals surface area contributed by atoms with E-state index in [1.54, 1.807) is 24.4 Å². The van der Waals surface area contributed by atoms with Crippen molar-refractivity contribution in [1.29, 1.82) is 0 Å². The van der Waals surface area contributed by atoms with Crippen molar-refractivity contribution in [3.8, 4) is 11.4 Å². The lowest BCUT2D eigenvalue weighted by Gasteiger charge is -2.29. The van der Waals surface area contributed by atoms with Crippen LogP contribution in [0.3, 0.4) is 0 Å². The average molecular weight is 439 g/mol. The van der Waals surface area contributed by atoms with Crippen LogP contribution in [0.5, 0.6) is 5.75 Å². The van der Waals surface area contributed by atoms with Crippen LogP contribution in [0.25, 0.3) is 11.3 Å². The number of fused-ring (bicyclic) bond motifs is 1. The van der Waals surface area contributed by atoms with E-state index in [0.717, 1.165) is 50.7 Å². The van der Waals surface area contributed by atoms with Gasteiger partial charge >= 0.3 is 5.69 Å². The molecule has 0 radical (unpaired) electrons. The van der Waals surface area contributed by atoms with Gasteiger partial charge in [-0.1, -0.05) is 25.5 Å². The summed E-state index contributed by atoms with van der Waals surface area (Å²) in [6.45, 7) is 4.76. The Kier molecular flexibility index (Phi) is 6.60. The summed E-state index contributed by atoms with van der Waals surface area (Å²) in [5.41, 5.74) is 1.24. The summed E-state index contributed by atoms with van der Waals surface area (Å²) >= 11 is 0. The lowest BCUT2D eigenvalue weighted by atomic mass is 9.93. The standard InChI is InChI=1S/C24H30N4O4/c1-3-4-13-32-18-11-9-17(10-12-18)26-23(30)20-14-25-22-16(2)15-27(24(31)28(20)22)19-7-5-6-8-21(19)29/h5-8,14-15,17-18,29H,3-4,9-13H2,1-2H3,(H,26,30). The first-order valence-corrected chi connectivity index (χ1v) is 11.3. The Morgan fingerprint density at radius 1 is 1.25 bits per heavy atom. The molecule has 0 bridgehead atoms. The van der Waals surface area contributed by atoms with Crippen molar-refractivity contribution in [2.75, 3.05) is 6.61 Å². The fraction of sp³-hybridized carbons (Fsp3) is 0.458. The highest BCUT2D eigenvalue weighted by Crippen LogP contribution is 2.23. The summed E-state index contributed by atoms with van der Waals surface area (Å²) in [7, 11) is 0. The van der Waals surface area contributed by atoms with Gasteiger partial charge in [-0.2, -0.15) is 0 Å². The number of hydrogen-bond acceptors (Lipinski definition) is 5. The normalized spacial score (nSPS) is 18.7. The first-order valence-electron chi connectivity index (χ1n) is 11.3. The Morgan fingerprint density at radius 2 is 2.00 bits per heavy atom. The van der Waals surface area contributed by atoms with Gasteiger partial charge in [0, 0.05) is 24.4 Å². The molecule has 4 rings (SSSR count). The van der Waals surface area contributed by atoms with Gasteiger partial charge < -0.3 is 15.2 Å². The molecular formula is C24H30N4O4. The topological polar surface area (TPSA) is 97.9 Å². The number of unbranched alkanes of at least 4 members (excludes halogenated alkanes) is 1. The number of benzene rings is 1. The van der Waals surface area contributed by atoms with Crippen molar-refractivity contribution in [3.63, 3.8) is 0 Å². The van der Waals surface area contributed by atoms with Gasteiger partial charge in [0.25, 0.3) is 5.91 Å². The number of carbonyl (C=O) groups excluding carboxylic acids is 1. The van der Waals surface area contributed by atoms with Crippen molar-refractivity contribution in [2.45, 2.75) is 64.5 Å². The second kappa shape index (κ2) is 9.56. The van der Waals surface area contributed by atoms with E-state index in [0.29, 0.717) is 11.3 Å². The molecule has 8 nitrogen and oxygen atoms in total. The van der Waals surface area contributed by atoms with E-state index < -0.39 is 5.69 Å². The van der Waals surface area contributed by atoms with Crippen LogP contribution in [-0.4, -0.2) is 43.7 Å². The van der Waals surface area contributed by atoms with E-state index in [9.17, 15) is 14.7 Å². The summed E-state index contributed by atoms with van der Waals surface area (Å²) in [5, 5.41) is 13.3. The van der Waals surface area contributed by atoms with Gasteiger partial charge in [-0.25, -0.2) is 14.2 Å². The number of rotatable bonds is 7. The maximum absolute atomic E-state index is 13.3. The SMILES string of the molecule is CCCCOC1CCC(NC(=O)c2cnc3c(C)cn(-c4ccccc4O)c(=O)n23)CC1. The Morgan fingerprint density at radius 3 is 2.72 bits per heavy atom. The summed E-state index contributed by atoms with van der Waals surface area (Å²) in [6.07, 6.45) is 9.05. The Labute approximate surface area is 186 Å². The molecule has 2 heterocycles. The van der Waals surface area contributed by atoms with Crippen molar-refractivity contribution in [1.82, 2.24) is 19.3 Å². The zero-order valence-corrected chi connectivity index (χ0v) is 18.6. The molecule has 1 saturated carbocycles. The third-order valence-electron chi connectivity index (χ3n) is 6.07. The van der Waals surface area contributed by atoms with Crippen LogP contribution in [0.4, 0.5) is 0 Å². The summed E-state index contributed by atoms with van der Waals surface area (Å²) in [6, 6.07) is 6.65. The van der Waals surface area contributed by atoms with Crippen LogP contribution in [0.15, 0.2) is 41.5 Å². The summed E-state index contributed by atoms with van der Waals surface area (Å²) in [4.78, 5) is 30.6. The highest BCUT2D eigenvalue weighted by molar-refractivity contribution is 5.93. The first-order chi connectivity index (χ1) is 15.5. The van der Waals surface area contributed by atoms with Gasteiger partial charge in [0.2, 0.25) is 0 Å². The number of aromatic hydroxyl groups is 1. The van der Waals surface area contributed by atoms with Gasteiger partial charge in [0.15, 0.2) is 0 Å². The Bertz CT molecular complexity index is 1160. The van der Waals surface area contributed by atoms with Crippen LogP contribution < -0.4 is 11.0 Å². The number of nitrogens with zero attached hydrogens (tertiary/aromatic N) is 3. The molecule has 1 aliphatic carbocycles. The molecule has 32 heavy (non-hydrogen) atoms. The Hall–Kier alpha value is -3.13. The average Bonchev–Trinajstić information content (AvgIpc) is 3.25. The number of phenols is 1. The van der Waals surface area contributed by atoms with E-state index in [2.05, 4.69) is 17.2 Å². The largest absolute Gasteiger partial charge is 0.506 e. The molecule has 3 aromatic rings. The maximum atomic E-state index is 13.3. The number of aryl methyl sites for hydroxylation is 1. The molecule has 0 saturated heterocycles. The minimum atomic E-state index is -0.456. The monoisotopic (exact) mass is 438 g/mol. The van der Waals surface area contributed by atoms with E-state index in [4.69, 9.17) is 4.74 Å². The summed E-state index contributed by atoms with van der Waals surface area (Å²) < 4.78 is 8.57. The molecule has 0 spiro atoms. The number of amides is 1. The number of imidazole rings is 1.